The molecular formula is C17H14ClFN4OS2. The number of hydrogen-bond donors (Lipinski definition) is 2. The fourth-order valence-electron chi connectivity index (χ4n) is 2.05. The van der Waals surface area contributed by atoms with Gasteiger partial charge in [-0.1, -0.05) is 52.9 Å². The number of nitrogens with zero attached hydrogens (tertiary/aromatic N) is 2. The summed E-state index contributed by atoms with van der Waals surface area (Å²) in [4.78, 5) is 12.0. The van der Waals surface area contributed by atoms with Gasteiger partial charge >= 0.3 is 0 Å². The predicted octanol–water partition coefficient (Wildman–Crippen LogP) is 5.11. The standard InChI is InChI=1S/C17H14ClFN4OS2/c1-10-4-2-3-5-13(10)21-16-22-23-17(26-16)25-9-15(24)20-14-7-6-11(19)8-12(14)18/h2-8H,9H2,1H3,(H,20,24)(H,21,22). The highest BCUT2D eigenvalue weighted by molar-refractivity contribution is 8.01. The molecule has 1 amide bonds. The molecule has 0 saturated heterocycles. The lowest BCUT2D eigenvalue weighted by atomic mass is 10.2. The molecule has 1 aromatic heterocycles. The Morgan fingerprint density at radius 2 is 2.04 bits per heavy atom. The van der Waals surface area contributed by atoms with E-state index in [0.717, 1.165) is 17.3 Å². The number of para-hydroxylation sites is 1. The van der Waals surface area contributed by atoms with Crippen molar-refractivity contribution >= 4 is 57.1 Å². The maximum absolute atomic E-state index is 13.0. The topological polar surface area (TPSA) is 66.9 Å². The van der Waals surface area contributed by atoms with E-state index in [1.165, 1.54) is 35.2 Å². The minimum Gasteiger partial charge on any atom is -0.330 e. The number of thioether (sulfide) groups is 1. The van der Waals surface area contributed by atoms with Crippen molar-refractivity contribution in [2.24, 2.45) is 0 Å². The first-order chi connectivity index (χ1) is 12.5. The minimum atomic E-state index is -0.454. The number of carbonyl (C=O) groups is 1. The van der Waals surface area contributed by atoms with Crippen LogP contribution in [0.1, 0.15) is 5.56 Å². The number of amides is 1. The highest BCUT2D eigenvalue weighted by Crippen LogP contribution is 2.29. The van der Waals surface area contributed by atoms with E-state index >= 15 is 0 Å². The molecule has 2 aromatic carbocycles. The molecule has 3 rings (SSSR count). The number of aromatic nitrogens is 2. The van der Waals surface area contributed by atoms with Gasteiger partial charge in [0.15, 0.2) is 4.34 Å². The molecule has 0 radical (unpaired) electrons. The summed E-state index contributed by atoms with van der Waals surface area (Å²) >= 11 is 8.53. The molecular weight excluding hydrogens is 395 g/mol. The quantitative estimate of drug-likeness (QED) is 0.554. The smallest absolute Gasteiger partial charge is 0.234 e. The second kappa shape index (κ2) is 8.48. The van der Waals surface area contributed by atoms with Crippen molar-refractivity contribution in [3.05, 3.63) is 58.9 Å². The van der Waals surface area contributed by atoms with Gasteiger partial charge in [-0.25, -0.2) is 4.39 Å². The van der Waals surface area contributed by atoms with Crippen LogP contribution in [-0.4, -0.2) is 21.9 Å². The number of hydrogen-bond acceptors (Lipinski definition) is 6. The van der Waals surface area contributed by atoms with Gasteiger partial charge in [-0.3, -0.25) is 4.79 Å². The van der Waals surface area contributed by atoms with Crippen LogP contribution in [0, 0.1) is 12.7 Å². The van der Waals surface area contributed by atoms with Crippen LogP contribution in [0.4, 0.5) is 20.9 Å². The number of rotatable bonds is 6. The third-order valence-corrected chi connectivity index (χ3v) is 5.61. The van der Waals surface area contributed by atoms with E-state index < -0.39 is 5.82 Å². The van der Waals surface area contributed by atoms with E-state index in [4.69, 9.17) is 11.6 Å². The van der Waals surface area contributed by atoms with Crippen LogP contribution in [0.15, 0.2) is 46.8 Å². The molecule has 0 bridgehead atoms. The van der Waals surface area contributed by atoms with Crippen molar-refractivity contribution in [1.82, 2.24) is 10.2 Å². The van der Waals surface area contributed by atoms with Crippen molar-refractivity contribution in [3.63, 3.8) is 0 Å². The second-order valence-electron chi connectivity index (χ2n) is 5.27. The lowest BCUT2D eigenvalue weighted by Gasteiger charge is -2.06. The Morgan fingerprint density at radius 1 is 1.23 bits per heavy atom. The summed E-state index contributed by atoms with van der Waals surface area (Å²) in [5.41, 5.74) is 2.44. The van der Waals surface area contributed by atoms with E-state index in [2.05, 4.69) is 20.8 Å². The number of halogens is 2. The van der Waals surface area contributed by atoms with E-state index in [-0.39, 0.29) is 16.7 Å². The van der Waals surface area contributed by atoms with Crippen molar-refractivity contribution in [3.8, 4) is 0 Å². The van der Waals surface area contributed by atoms with Crippen molar-refractivity contribution in [2.45, 2.75) is 11.3 Å². The molecule has 0 saturated carbocycles. The van der Waals surface area contributed by atoms with Crippen LogP contribution >= 0.6 is 34.7 Å². The lowest BCUT2D eigenvalue weighted by Crippen LogP contribution is -2.14. The zero-order valence-electron chi connectivity index (χ0n) is 13.6. The van der Waals surface area contributed by atoms with Gasteiger partial charge < -0.3 is 10.6 Å². The van der Waals surface area contributed by atoms with Gasteiger partial charge in [0.25, 0.3) is 0 Å². The van der Waals surface area contributed by atoms with Gasteiger partial charge in [0.2, 0.25) is 11.0 Å². The van der Waals surface area contributed by atoms with Crippen LogP contribution in [0.2, 0.25) is 5.02 Å². The molecule has 9 heteroatoms. The molecule has 5 nitrogen and oxygen atoms in total. The van der Waals surface area contributed by atoms with Crippen LogP contribution in [0.5, 0.6) is 0 Å². The van der Waals surface area contributed by atoms with Crippen LogP contribution in [0.25, 0.3) is 0 Å². The zero-order valence-corrected chi connectivity index (χ0v) is 16.0. The summed E-state index contributed by atoms with van der Waals surface area (Å²) in [5.74, 6) is -0.566. The highest BCUT2D eigenvalue weighted by Gasteiger charge is 2.11. The Labute approximate surface area is 163 Å². The zero-order chi connectivity index (χ0) is 18.5. The highest BCUT2D eigenvalue weighted by atomic mass is 35.5. The van der Waals surface area contributed by atoms with Crippen LogP contribution in [0.3, 0.4) is 0 Å². The van der Waals surface area contributed by atoms with E-state index in [1.807, 2.05) is 31.2 Å². The molecule has 0 aliphatic heterocycles. The molecule has 2 N–H and O–H groups in total. The average molecular weight is 409 g/mol. The van der Waals surface area contributed by atoms with Gasteiger partial charge in [-0.15, -0.1) is 10.2 Å². The van der Waals surface area contributed by atoms with Crippen molar-refractivity contribution in [1.29, 1.82) is 0 Å². The Hall–Kier alpha value is -2.16. The maximum atomic E-state index is 13.0. The number of anilines is 3. The van der Waals surface area contributed by atoms with Gasteiger partial charge in [-0.2, -0.15) is 0 Å². The maximum Gasteiger partial charge on any atom is 0.234 e. The van der Waals surface area contributed by atoms with Crippen molar-refractivity contribution < 1.29 is 9.18 Å². The van der Waals surface area contributed by atoms with Crippen molar-refractivity contribution in [2.75, 3.05) is 16.4 Å². The van der Waals surface area contributed by atoms with E-state index in [1.54, 1.807) is 0 Å². The Bertz CT molecular complexity index is 935. The SMILES string of the molecule is Cc1ccccc1Nc1nnc(SCC(=O)Nc2ccc(F)cc2Cl)s1. The van der Waals surface area contributed by atoms with E-state index in [9.17, 15) is 9.18 Å². The Kier molecular flexibility index (Phi) is 6.08. The summed E-state index contributed by atoms with van der Waals surface area (Å²) in [7, 11) is 0. The molecule has 0 spiro atoms. The molecule has 0 fully saturated rings. The summed E-state index contributed by atoms with van der Waals surface area (Å²) in [6.45, 7) is 2.00. The predicted molar refractivity (Wildman–Crippen MR) is 105 cm³/mol. The van der Waals surface area contributed by atoms with Gasteiger partial charge in [-0.05, 0) is 36.8 Å². The first-order valence-corrected chi connectivity index (χ1v) is 9.73. The fraction of sp³-hybridized carbons (Fsp3) is 0.118. The normalized spacial score (nSPS) is 10.6. The number of aryl methyl sites for hydroxylation is 1. The number of benzene rings is 2. The summed E-state index contributed by atoms with van der Waals surface area (Å²) < 4.78 is 13.7. The molecule has 26 heavy (non-hydrogen) atoms. The molecule has 0 unspecified atom stereocenters. The fourth-order valence-corrected chi connectivity index (χ4v) is 3.83. The third kappa shape index (κ3) is 4.94. The van der Waals surface area contributed by atoms with Gasteiger partial charge in [0, 0.05) is 5.69 Å². The molecule has 1 heterocycles. The first-order valence-electron chi connectivity index (χ1n) is 7.55. The van der Waals surface area contributed by atoms with E-state index in [0.29, 0.717) is 15.2 Å². The summed E-state index contributed by atoms with van der Waals surface area (Å²) in [5, 5.41) is 14.8. The van der Waals surface area contributed by atoms with Crippen LogP contribution in [-0.2, 0) is 4.79 Å². The Morgan fingerprint density at radius 3 is 2.81 bits per heavy atom. The Balaban J connectivity index is 1.54. The largest absolute Gasteiger partial charge is 0.330 e. The number of nitrogens with one attached hydrogen (secondary N) is 2. The minimum absolute atomic E-state index is 0.146. The molecule has 134 valence electrons. The first kappa shape index (κ1) is 18.6. The third-order valence-electron chi connectivity index (χ3n) is 3.33. The molecule has 0 aliphatic rings. The molecule has 0 atom stereocenters. The lowest BCUT2D eigenvalue weighted by molar-refractivity contribution is -0.113. The monoisotopic (exact) mass is 408 g/mol. The average Bonchev–Trinajstić information content (AvgIpc) is 3.05. The van der Waals surface area contributed by atoms with Crippen LogP contribution < -0.4 is 10.6 Å². The molecule has 0 aliphatic carbocycles. The summed E-state index contributed by atoms with van der Waals surface area (Å²) in [6.07, 6.45) is 0. The van der Waals surface area contributed by atoms with Gasteiger partial charge in [0.05, 0.1) is 16.5 Å². The van der Waals surface area contributed by atoms with Gasteiger partial charge in [0.1, 0.15) is 5.82 Å². The number of carbonyl (C=O) groups excluding carboxylic acids is 1. The second-order valence-corrected chi connectivity index (χ2v) is 7.88. The molecule has 3 aromatic rings. The summed E-state index contributed by atoms with van der Waals surface area (Å²) in [6, 6.07) is 11.7.